The molecule has 0 amide bonds. The average molecular weight is 566 g/mol. The van der Waals surface area contributed by atoms with Crippen molar-refractivity contribution in [3.63, 3.8) is 0 Å². The molecule has 10 nitrogen and oxygen atoms in total. The second-order valence-corrected chi connectivity index (χ2v) is 10.4. The molecule has 1 aromatic carbocycles. The van der Waals surface area contributed by atoms with Gasteiger partial charge in [0.25, 0.3) is 0 Å². The Hall–Kier alpha value is -3.14. The lowest BCUT2D eigenvalue weighted by molar-refractivity contribution is -0.148. The van der Waals surface area contributed by atoms with Crippen LogP contribution < -0.4 is 15.2 Å². The first-order chi connectivity index (χ1) is 18.9. The lowest BCUT2D eigenvalue weighted by Crippen LogP contribution is -2.36. The molecule has 0 aliphatic heterocycles. The molecular weight excluding hydrogens is 518 g/mol. The van der Waals surface area contributed by atoms with E-state index in [0.29, 0.717) is 18.4 Å². The summed E-state index contributed by atoms with van der Waals surface area (Å²) in [6.07, 6.45) is 2.34. The monoisotopic (exact) mass is 565 g/mol. The van der Waals surface area contributed by atoms with Crippen LogP contribution >= 0.6 is 0 Å². The molecule has 0 aliphatic carbocycles. The highest BCUT2D eigenvalue weighted by molar-refractivity contribution is 5.79. The van der Waals surface area contributed by atoms with Gasteiger partial charge in [-0.3, -0.25) is 14.4 Å². The highest BCUT2D eigenvalue weighted by Crippen LogP contribution is 2.31. The van der Waals surface area contributed by atoms with E-state index >= 15 is 0 Å². The molecule has 0 aromatic heterocycles. The van der Waals surface area contributed by atoms with E-state index in [1.807, 2.05) is 27.7 Å². The Labute approximate surface area is 238 Å². The van der Waals surface area contributed by atoms with E-state index in [9.17, 15) is 19.2 Å². The van der Waals surface area contributed by atoms with Gasteiger partial charge >= 0.3 is 24.1 Å². The molecule has 1 rings (SSSR count). The number of hydrogen-bond donors (Lipinski definition) is 1. The molecule has 10 heteroatoms. The third-order valence-corrected chi connectivity index (χ3v) is 6.38. The number of hydrogen-bond acceptors (Lipinski definition) is 10. The van der Waals surface area contributed by atoms with Crippen molar-refractivity contribution < 1.29 is 42.9 Å². The second-order valence-electron chi connectivity index (χ2n) is 10.4. The van der Waals surface area contributed by atoms with Gasteiger partial charge in [-0.15, -0.1) is 0 Å². The van der Waals surface area contributed by atoms with Gasteiger partial charge in [-0.05, 0) is 49.8 Å². The van der Waals surface area contributed by atoms with Crippen LogP contribution in [0.25, 0.3) is 0 Å². The maximum atomic E-state index is 12.6. The third kappa shape index (κ3) is 12.8. The third-order valence-electron chi connectivity index (χ3n) is 6.38. The van der Waals surface area contributed by atoms with Gasteiger partial charge in [-0.1, -0.05) is 66.9 Å². The minimum Gasteiger partial charge on any atom is -0.461 e. The van der Waals surface area contributed by atoms with Crippen LogP contribution in [0.15, 0.2) is 18.2 Å². The van der Waals surface area contributed by atoms with Crippen LogP contribution in [0.1, 0.15) is 86.1 Å². The van der Waals surface area contributed by atoms with Crippen molar-refractivity contribution in [2.45, 2.75) is 99.1 Å². The first kappa shape index (κ1) is 34.9. The van der Waals surface area contributed by atoms with Crippen LogP contribution in [0.2, 0.25) is 0 Å². The normalized spacial score (nSPS) is 14.7. The number of rotatable bonds is 17. The maximum absolute atomic E-state index is 12.6. The van der Waals surface area contributed by atoms with Crippen molar-refractivity contribution in [2.24, 2.45) is 23.5 Å². The summed E-state index contributed by atoms with van der Waals surface area (Å²) in [5.41, 5.74) is 6.64. The Kier molecular flexibility index (Phi) is 15.9. The molecule has 2 N–H and O–H groups in total. The number of esters is 3. The predicted octanol–water partition coefficient (Wildman–Crippen LogP) is 5.37. The van der Waals surface area contributed by atoms with E-state index in [4.69, 9.17) is 29.4 Å². The summed E-state index contributed by atoms with van der Waals surface area (Å²) in [6, 6.07) is 3.67. The fraction of sp³-hybridized carbons (Fsp3) is 0.667. The van der Waals surface area contributed by atoms with E-state index in [2.05, 4.69) is 0 Å². The topological polar surface area (TPSA) is 140 Å². The zero-order chi connectivity index (χ0) is 30.2. The standard InChI is InChI=1S/C30H47NO9/c1-8-11-20(5)27(32)39-25-14-13-23(16-26(25)40-28(33)21(6)12-9-2)15-24(31)29(34)36-18-22(7)38-30(35)37-17-19(4)10-3/h13-14,16,19-22,24H,8-12,15,17-18,31H2,1-7H3/t19?,20?,21?,22-,24-/m0/s1. The highest BCUT2D eigenvalue weighted by Gasteiger charge is 2.23. The van der Waals surface area contributed by atoms with Crippen molar-refractivity contribution >= 4 is 24.1 Å². The Balaban J connectivity index is 2.85. The summed E-state index contributed by atoms with van der Waals surface area (Å²) < 4.78 is 26.5. The zero-order valence-corrected chi connectivity index (χ0v) is 25.0. The van der Waals surface area contributed by atoms with Gasteiger partial charge in [-0.25, -0.2) is 4.79 Å². The largest absolute Gasteiger partial charge is 0.508 e. The summed E-state index contributed by atoms with van der Waals surface area (Å²) >= 11 is 0. The quantitative estimate of drug-likeness (QED) is 0.194. The lowest BCUT2D eigenvalue weighted by Gasteiger charge is -2.18. The number of carbonyl (C=O) groups excluding carboxylic acids is 4. The smallest absolute Gasteiger partial charge is 0.461 e. The number of benzene rings is 1. The Morgan fingerprint density at radius 3 is 1.90 bits per heavy atom. The molecule has 0 radical (unpaired) electrons. The van der Waals surface area contributed by atoms with Crippen molar-refractivity contribution in [1.29, 1.82) is 0 Å². The van der Waals surface area contributed by atoms with Crippen LogP contribution in [-0.2, 0) is 35.0 Å². The minimum atomic E-state index is -1.04. The zero-order valence-electron chi connectivity index (χ0n) is 25.0. The average Bonchev–Trinajstić information content (AvgIpc) is 2.91. The Bertz CT molecular complexity index is 964. The summed E-state index contributed by atoms with van der Waals surface area (Å²) in [4.78, 5) is 49.4. The predicted molar refractivity (Wildman–Crippen MR) is 150 cm³/mol. The summed E-state index contributed by atoms with van der Waals surface area (Å²) in [5, 5.41) is 0. The molecule has 0 fully saturated rings. The SMILES string of the molecule is CCCC(C)C(=O)Oc1ccc(C[C@H](N)C(=O)OC[C@H](C)OC(=O)OCC(C)CC)cc1OC(=O)C(C)CCC. The van der Waals surface area contributed by atoms with Gasteiger partial charge in [0, 0.05) is 0 Å². The molecule has 3 unspecified atom stereocenters. The molecule has 0 aliphatic rings. The van der Waals surface area contributed by atoms with Crippen molar-refractivity contribution in [3.05, 3.63) is 23.8 Å². The molecule has 5 atom stereocenters. The molecule has 0 saturated carbocycles. The van der Waals surface area contributed by atoms with E-state index < -0.39 is 36.2 Å². The van der Waals surface area contributed by atoms with Crippen molar-refractivity contribution in [1.82, 2.24) is 0 Å². The maximum Gasteiger partial charge on any atom is 0.508 e. The van der Waals surface area contributed by atoms with Crippen LogP contribution in [0.3, 0.4) is 0 Å². The Morgan fingerprint density at radius 1 is 0.775 bits per heavy atom. The van der Waals surface area contributed by atoms with Gasteiger partial charge < -0.3 is 29.4 Å². The van der Waals surface area contributed by atoms with Crippen LogP contribution in [0.4, 0.5) is 4.79 Å². The van der Waals surface area contributed by atoms with Gasteiger partial charge in [0.2, 0.25) is 0 Å². The fourth-order valence-electron chi connectivity index (χ4n) is 3.57. The van der Waals surface area contributed by atoms with Gasteiger partial charge in [0.05, 0.1) is 18.4 Å². The highest BCUT2D eigenvalue weighted by atomic mass is 16.7. The summed E-state index contributed by atoms with van der Waals surface area (Å²) in [7, 11) is 0. The molecule has 0 heterocycles. The second kappa shape index (κ2) is 18.3. The number of ether oxygens (including phenoxy) is 5. The van der Waals surface area contributed by atoms with Gasteiger partial charge in [0.1, 0.15) is 18.8 Å². The fourth-order valence-corrected chi connectivity index (χ4v) is 3.57. The van der Waals surface area contributed by atoms with E-state index in [0.717, 1.165) is 19.3 Å². The minimum absolute atomic E-state index is 0.0700. The van der Waals surface area contributed by atoms with Gasteiger partial charge in [0.15, 0.2) is 11.5 Å². The number of carbonyl (C=O) groups is 4. The summed E-state index contributed by atoms with van der Waals surface area (Å²) in [6.45, 7) is 13.1. The van der Waals surface area contributed by atoms with Crippen LogP contribution in [-0.4, -0.2) is 49.4 Å². The lowest BCUT2D eigenvalue weighted by atomic mass is 10.0. The van der Waals surface area contributed by atoms with Crippen molar-refractivity contribution in [2.75, 3.05) is 13.2 Å². The number of nitrogens with two attached hydrogens (primary N) is 1. The van der Waals surface area contributed by atoms with Crippen LogP contribution in [0.5, 0.6) is 11.5 Å². The summed E-state index contributed by atoms with van der Waals surface area (Å²) in [5.74, 6) is -1.80. The molecular formula is C30H47NO9. The van der Waals surface area contributed by atoms with E-state index in [1.165, 1.54) is 12.1 Å². The molecule has 226 valence electrons. The molecule has 0 saturated heterocycles. The van der Waals surface area contributed by atoms with Gasteiger partial charge in [-0.2, -0.15) is 0 Å². The van der Waals surface area contributed by atoms with E-state index in [1.54, 1.807) is 26.8 Å². The first-order valence-corrected chi connectivity index (χ1v) is 14.2. The first-order valence-electron chi connectivity index (χ1n) is 14.2. The molecule has 0 bridgehead atoms. The van der Waals surface area contributed by atoms with E-state index in [-0.39, 0.29) is 48.9 Å². The molecule has 40 heavy (non-hydrogen) atoms. The van der Waals surface area contributed by atoms with Crippen molar-refractivity contribution in [3.8, 4) is 11.5 Å². The molecule has 0 spiro atoms. The van der Waals surface area contributed by atoms with Crippen LogP contribution in [0, 0.1) is 17.8 Å². The molecule has 1 aromatic rings. The Morgan fingerprint density at radius 2 is 1.35 bits per heavy atom.